The Bertz CT molecular complexity index is 459. The van der Waals surface area contributed by atoms with Gasteiger partial charge in [-0.15, -0.1) is 0 Å². The third-order valence-corrected chi connectivity index (χ3v) is 3.54. The summed E-state index contributed by atoms with van der Waals surface area (Å²) in [7, 11) is 0. The second-order valence-electron chi connectivity index (χ2n) is 5.34. The molecule has 1 aromatic carbocycles. The van der Waals surface area contributed by atoms with Crippen LogP contribution in [-0.2, 0) is 16.0 Å². The summed E-state index contributed by atoms with van der Waals surface area (Å²) in [5.41, 5.74) is 1.27. The van der Waals surface area contributed by atoms with Crippen molar-refractivity contribution in [2.75, 3.05) is 39.5 Å². The zero-order valence-corrected chi connectivity index (χ0v) is 13.3. The molecule has 0 atom stereocenters. The van der Waals surface area contributed by atoms with Gasteiger partial charge in [0.15, 0.2) is 5.90 Å². The van der Waals surface area contributed by atoms with Crippen LogP contribution in [0.4, 0.5) is 0 Å². The topological polar surface area (TPSA) is 54.8 Å². The molecule has 2 rings (SSSR count). The van der Waals surface area contributed by atoms with Gasteiger partial charge in [-0.05, 0) is 31.0 Å². The van der Waals surface area contributed by atoms with E-state index in [9.17, 15) is 0 Å². The van der Waals surface area contributed by atoms with Crippen molar-refractivity contribution in [3.63, 3.8) is 0 Å². The molecule has 0 saturated carbocycles. The van der Waals surface area contributed by atoms with Crippen LogP contribution >= 0.6 is 0 Å². The van der Waals surface area contributed by atoms with Gasteiger partial charge >= 0.3 is 0 Å². The first-order valence-corrected chi connectivity index (χ1v) is 8.00. The Balaban J connectivity index is 1.72. The molecule has 1 heterocycles. The van der Waals surface area contributed by atoms with Crippen LogP contribution in [0.15, 0.2) is 24.3 Å². The van der Waals surface area contributed by atoms with Crippen molar-refractivity contribution in [3.8, 4) is 5.75 Å². The predicted octanol–water partition coefficient (Wildman–Crippen LogP) is 2.69. The summed E-state index contributed by atoms with van der Waals surface area (Å²) in [6.45, 7) is 7.62. The lowest BCUT2D eigenvalue weighted by Crippen LogP contribution is -2.35. The molecule has 1 N–H and O–H groups in total. The maximum absolute atomic E-state index is 7.56. The molecule has 1 aromatic rings. The number of benzene rings is 1. The average Bonchev–Trinajstić information content (AvgIpc) is 2.53. The second kappa shape index (κ2) is 9.43. The third kappa shape index (κ3) is 6.03. The Morgan fingerprint density at radius 3 is 2.91 bits per heavy atom. The van der Waals surface area contributed by atoms with Crippen molar-refractivity contribution < 1.29 is 14.2 Å². The molecule has 0 bridgehead atoms. The summed E-state index contributed by atoms with van der Waals surface area (Å²) >= 11 is 0. The Labute approximate surface area is 132 Å². The van der Waals surface area contributed by atoms with Crippen molar-refractivity contribution >= 4 is 5.90 Å². The average molecular weight is 306 g/mol. The van der Waals surface area contributed by atoms with Crippen molar-refractivity contribution in [2.45, 2.75) is 26.3 Å². The Morgan fingerprint density at radius 2 is 2.14 bits per heavy atom. The fraction of sp³-hybridized carbons (Fsp3) is 0.588. The minimum atomic E-state index is 0.340. The lowest BCUT2D eigenvalue weighted by Gasteiger charge is -2.26. The quantitative estimate of drug-likeness (QED) is 0.456. The van der Waals surface area contributed by atoms with Crippen molar-refractivity contribution in [1.82, 2.24) is 4.90 Å². The minimum Gasteiger partial charge on any atom is -0.494 e. The highest BCUT2D eigenvalue weighted by atomic mass is 16.5. The highest BCUT2D eigenvalue weighted by Gasteiger charge is 2.10. The highest BCUT2D eigenvalue weighted by molar-refractivity contribution is 5.72. The van der Waals surface area contributed by atoms with Gasteiger partial charge in [-0.25, -0.2) is 0 Å². The third-order valence-electron chi connectivity index (χ3n) is 3.54. The smallest absolute Gasteiger partial charge is 0.180 e. The van der Waals surface area contributed by atoms with Gasteiger partial charge in [0.25, 0.3) is 0 Å². The fourth-order valence-electron chi connectivity index (χ4n) is 2.42. The van der Waals surface area contributed by atoms with E-state index in [1.165, 1.54) is 5.56 Å². The van der Waals surface area contributed by atoms with E-state index in [0.717, 1.165) is 45.0 Å². The van der Waals surface area contributed by atoms with E-state index in [4.69, 9.17) is 19.6 Å². The summed E-state index contributed by atoms with van der Waals surface area (Å²) in [6, 6.07) is 8.25. The van der Waals surface area contributed by atoms with E-state index < -0.39 is 0 Å². The van der Waals surface area contributed by atoms with E-state index in [0.29, 0.717) is 25.5 Å². The first kappa shape index (κ1) is 16.8. The van der Waals surface area contributed by atoms with Crippen LogP contribution < -0.4 is 4.74 Å². The highest BCUT2D eigenvalue weighted by Crippen LogP contribution is 2.16. The molecule has 5 heteroatoms. The van der Waals surface area contributed by atoms with Crippen LogP contribution in [-0.4, -0.2) is 50.3 Å². The standard InChI is InChI=1S/C17H26N2O3/c1-2-21-17(18)7-4-10-22-16-6-3-5-15(13-16)14-19-8-11-20-12-9-19/h3,5-6,13,18H,2,4,7-12,14H2,1H3. The van der Waals surface area contributed by atoms with E-state index in [-0.39, 0.29) is 0 Å². The van der Waals surface area contributed by atoms with Crippen molar-refractivity contribution in [2.24, 2.45) is 0 Å². The van der Waals surface area contributed by atoms with Crippen LogP contribution in [0.1, 0.15) is 25.3 Å². The van der Waals surface area contributed by atoms with Gasteiger partial charge in [0.2, 0.25) is 0 Å². The molecule has 5 nitrogen and oxygen atoms in total. The van der Waals surface area contributed by atoms with Crippen LogP contribution in [0.25, 0.3) is 0 Å². The Morgan fingerprint density at radius 1 is 1.32 bits per heavy atom. The van der Waals surface area contributed by atoms with Gasteiger partial charge in [0.1, 0.15) is 5.75 Å². The molecule has 1 aliphatic rings. The lowest BCUT2D eigenvalue weighted by atomic mass is 10.2. The maximum atomic E-state index is 7.56. The number of nitrogens with one attached hydrogen (secondary N) is 1. The summed E-state index contributed by atoms with van der Waals surface area (Å²) in [4.78, 5) is 2.39. The molecule has 0 unspecified atom stereocenters. The van der Waals surface area contributed by atoms with Crippen molar-refractivity contribution in [3.05, 3.63) is 29.8 Å². The Hall–Kier alpha value is -1.59. The molecule has 22 heavy (non-hydrogen) atoms. The summed E-state index contributed by atoms with van der Waals surface area (Å²) in [6.07, 6.45) is 1.42. The molecule has 1 aliphatic heterocycles. The number of morpholine rings is 1. The minimum absolute atomic E-state index is 0.340. The van der Waals surface area contributed by atoms with E-state index in [1.54, 1.807) is 0 Å². The van der Waals surface area contributed by atoms with Gasteiger partial charge in [0, 0.05) is 26.1 Å². The predicted molar refractivity (Wildman–Crippen MR) is 86.6 cm³/mol. The van der Waals surface area contributed by atoms with Crippen LogP contribution in [0.2, 0.25) is 0 Å². The van der Waals surface area contributed by atoms with Crippen LogP contribution in [0.3, 0.4) is 0 Å². The zero-order chi connectivity index (χ0) is 15.6. The number of nitrogens with zero attached hydrogens (tertiary/aromatic N) is 1. The Kier molecular flexibility index (Phi) is 7.19. The van der Waals surface area contributed by atoms with Gasteiger partial charge in [-0.1, -0.05) is 12.1 Å². The van der Waals surface area contributed by atoms with E-state index >= 15 is 0 Å². The molecular formula is C17H26N2O3. The molecular weight excluding hydrogens is 280 g/mol. The summed E-state index contributed by atoms with van der Waals surface area (Å²) in [5, 5.41) is 7.56. The van der Waals surface area contributed by atoms with Crippen LogP contribution in [0.5, 0.6) is 5.75 Å². The first-order valence-electron chi connectivity index (χ1n) is 8.00. The molecule has 1 saturated heterocycles. The summed E-state index contributed by atoms with van der Waals surface area (Å²) in [5.74, 6) is 1.24. The number of hydrogen-bond acceptors (Lipinski definition) is 5. The van der Waals surface area contributed by atoms with E-state index in [1.807, 2.05) is 19.1 Å². The summed E-state index contributed by atoms with van der Waals surface area (Å²) < 4.78 is 16.2. The molecule has 122 valence electrons. The normalized spacial score (nSPS) is 15.5. The number of rotatable bonds is 8. The first-order chi connectivity index (χ1) is 10.8. The van der Waals surface area contributed by atoms with E-state index in [2.05, 4.69) is 17.0 Å². The van der Waals surface area contributed by atoms with Gasteiger partial charge in [0.05, 0.1) is 26.4 Å². The second-order valence-corrected chi connectivity index (χ2v) is 5.34. The van der Waals surface area contributed by atoms with Gasteiger partial charge < -0.3 is 14.2 Å². The number of hydrogen-bond donors (Lipinski definition) is 1. The molecule has 0 radical (unpaired) electrons. The fourth-order valence-corrected chi connectivity index (χ4v) is 2.42. The monoisotopic (exact) mass is 306 g/mol. The van der Waals surface area contributed by atoms with Gasteiger partial charge in [-0.2, -0.15) is 0 Å². The SMILES string of the molecule is CCOC(=N)CCCOc1cccc(CN2CCOCC2)c1. The molecule has 0 spiro atoms. The number of ether oxygens (including phenoxy) is 3. The lowest BCUT2D eigenvalue weighted by molar-refractivity contribution is 0.0341. The zero-order valence-electron chi connectivity index (χ0n) is 13.3. The van der Waals surface area contributed by atoms with Crippen molar-refractivity contribution in [1.29, 1.82) is 5.41 Å². The van der Waals surface area contributed by atoms with Crippen LogP contribution in [0, 0.1) is 5.41 Å². The largest absolute Gasteiger partial charge is 0.494 e. The molecule has 0 aliphatic carbocycles. The molecule has 0 aromatic heterocycles. The van der Waals surface area contributed by atoms with Gasteiger partial charge in [-0.3, -0.25) is 10.3 Å². The molecule has 0 amide bonds. The molecule has 1 fully saturated rings. The maximum Gasteiger partial charge on any atom is 0.180 e.